The van der Waals surface area contributed by atoms with Crippen LogP contribution in [-0.2, 0) is 20.7 Å². The zero-order valence-corrected chi connectivity index (χ0v) is 19.1. The number of anilines is 1. The van der Waals surface area contributed by atoms with E-state index >= 15 is 0 Å². The molecule has 0 aromatic heterocycles. The van der Waals surface area contributed by atoms with Gasteiger partial charge in [-0.25, -0.2) is 9.59 Å². The van der Waals surface area contributed by atoms with E-state index in [1.807, 2.05) is 24.3 Å². The predicted molar refractivity (Wildman–Crippen MR) is 123 cm³/mol. The molecular weight excluding hydrogens is 448 g/mol. The number of carbonyl (C=O) groups is 4. The summed E-state index contributed by atoms with van der Waals surface area (Å²) in [6, 6.07) is 13.5. The van der Waals surface area contributed by atoms with E-state index in [2.05, 4.69) is 16.1 Å². The molecule has 174 valence electrons. The monoisotopic (exact) mass is 472 g/mol. The fourth-order valence-electron chi connectivity index (χ4n) is 3.20. The van der Waals surface area contributed by atoms with Crippen LogP contribution in [0.4, 0.5) is 10.5 Å². The number of amides is 4. The van der Waals surface area contributed by atoms with Gasteiger partial charge >= 0.3 is 12.0 Å². The number of nitrogens with zero attached hydrogens (tertiary/aromatic N) is 1. The number of esters is 1. The van der Waals surface area contributed by atoms with E-state index in [1.165, 1.54) is 0 Å². The van der Waals surface area contributed by atoms with Crippen LogP contribution in [0.5, 0.6) is 0 Å². The molecule has 2 aromatic carbocycles. The SMILES string of the molecule is CC[C@@]1(C)NC(=O)N(NC(=O)COC(=O)c2ccccc2NCCc2ccc(Cl)cc2)C1=O. The Morgan fingerprint density at radius 1 is 1.12 bits per heavy atom. The maximum atomic E-state index is 12.5. The van der Waals surface area contributed by atoms with Gasteiger partial charge in [0, 0.05) is 17.3 Å². The standard InChI is InChI=1S/C23H25ClN4O5/c1-3-23(2)21(31)28(22(32)26-23)27-19(29)14-33-20(30)17-6-4-5-7-18(17)25-13-12-15-8-10-16(24)11-9-15/h4-11,25H,3,12-14H2,1-2H3,(H,26,32)(H,27,29)/t23-/m1/s1. The Balaban J connectivity index is 1.53. The summed E-state index contributed by atoms with van der Waals surface area (Å²) in [5, 5.41) is 6.98. The smallest absolute Gasteiger partial charge is 0.344 e. The highest BCUT2D eigenvalue weighted by atomic mass is 35.5. The Hall–Kier alpha value is -3.59. The zero-order chi connectivity index (χ0) is 24.0. The molecule has 1 atom stereocenters. The number of benzene rings is 2. The molecule has 3 N–H and O–H groups in total. The predicted octanol–water partition coefficient (Wildman–Crippen LogP) is 2.90. The first kappa shape index (κ1) is 24.1. The lowest BCUT2D eigenvalue weighted by Crippen LogP contribution is -2.49. The molecule has 4 amide bonds. The van der Waals surface area contributed by atoms with Gasteiger partial charge in [-0.2, -0.15) is 5.01 Å². The number of rotatable bonds is 9. The number of hydrazine groups is 1. The van der Waals surface area contributed by atoms with Crippen molar-refractivity contribution in [3.8, 4) is 0 Å². The molecule has 9 nitrogen and oxygen atoms in total. The molecule has 0 bridgehead atoms. The van der Waals surface area contributed by atoms with Crippen molar-refractivity contribution in [2.24, 2.45) is 0 Å². The lowest BCUT2D eigenvalue weighted by Gasteiger charge is -2.19. The van der Waals surface area contributed by atoms with Crippen LogP contribution in [0.1, 0.15) is 36.2 Å². The van der Waals surface area contributed by atoms with E-state index in [0.717, 1.165) is 5.56 Å². The molecule has 0 radical (unpaired) electrons. The van der Waals surface area contributed by atoms with Gasteiger partial charge in [0.25, 0.3) is 11.8 Å². The first-order chi connectivity index (χ1) is 15.7. The highest BCUT2D eigenvalue weighted by Gasteiger charge is 2.47. The van der Waals surface area contributed by atoms with Gasteiger partial charge in [-0.15, -0.1) is 0 Å². The molecule has 1 fully saturated rings. The number of hydrogen-bond acceptors (Lipinski definition) is 6. The van der Waals surface area contributed by atoms with E-state index in [1.54, 1.807) is 38.1 Å². The van der Waals surface area contributed by atoms with Crippen LogP contribution in [0.2, 0.25) is 5.02 Å². The number of hydrogen-bond donors (Lipinski definition) is 3. The topological polar surface area (TPSA) is 117 Å². The number of carbonyl (C=O) groups excluding carboxylic acids is 4. The molecule has 33 heavy (non-hydrogen) atoms. The Bertz CT molecular complexity index is 1060. The highest BCUT2D eigenvalue weighted by Crippen LogP contribution is 2.19. The first-order valence-corrected chi connectivity index (χ1v) is 10.8. The van der Waals surface area contributed by atoms with Gasteiger partial charge < -0.3 is 15.4 Å². The van der Waals surface area contributed by atoms with Crippen molar-refractivity contribution in [2.75, 3.05) is 18.5 Å². The number of imide groups is 1. The summed E-state index contributed by atoms with van der Waals surface area (Å²) in [4.78, 5) is 49.0. The largest absolute Gasteiger partial charge is 0.452 e. The average Bonchev–Trinajstić information content (AvgIpc) is 3.02. The van der Waals surface area contributed by atoms with Crippen LogP contribution < -0.4 is 16.1 Å². The number of ether oxygens (including phenoxy) is 1. The number of nitrogens with one attached hydrogen (secondary N) is 3. The van der Waals surface area contributed by atoms with Gasteiger partial charge in [-0.1, -0.05) is 42.8 Å². The van der Waals surface area contributed by atoms with Crippen molar-refractivity contribution in [1.29, 1.82) is 0 Å². The Labute approximate surface area is 196 Å². The van der Waals surface area contributed by atoms with Gasteiger partial charge in [0.05, 0.1) is 5.56 Å². The van der Waals surface area contributed by atoms with E-state index in [0.29, 0.717) is 35.1 Å². The van der Waals surface area contributed by atoms with Crippen molar-refractivity contribution in [1.82, 2.24) is 15.8 Å². The molecule has 0 spiro atoms. The van der Waals surface area contributed by atoms with Crippen LogP contribution in [-0.4, -0.2) is 47.5 Å². The molecule has 1 aliphatic rings. The molecule has 1 heterocycles. The molecule has 0 aliphatic carbocycles. The Morgan fingerprint density at radius 3 is 2.48 bits per heavy atom. The van der Waals surface area contributed by atoms with Gasteiger partial charge in [0.2, 0.25) is 0 Å². The Morgan fingerprint density at radius 2 is 1.82 bits per heavy atom. The fourth-order valence-corrected chi connectivity index (χ4v) is 3.33. The second kappa shape index (κ2) is 10.4. The number of para-hydroxylation sites is 1. The third-order valence-corrected chi connectivity index (χ3v) is 5.58. The third-order valence-electron chi connectivity index (χ3n) is 5.33. The molecule has 0 unspecified atom stereocenters. The van der Waals surface area contributed by atoms with Gasteiger partial charge in [0.1, 0.15) is 5.54 Å². The molecule has 1 saturated heterocycles. The van der Waals surface area contributed by atoms with E-state index in [-0.39, 0.29) is 5.56 Å². The van der Waals surface area contributed by atoms with Gasteiger partial charge in [-0.3, -0.25) is 15.0 Å². The summed E-state index contributed by atoms with van der Waals surface area (Å²) in [5.41, 5.74) is 3.00. The lowest BCUT2D eigenvalue weighted by molar-refractivity contribution is -0.139. The van der Waals surface area contributed by atoms with Crippen molar-refractivity contribution >= 4 is 41.1 Å². The quantitative estimate of drug-likeness (QED) is 0.381. The summed E-state index contributed by atoms with van der Waals surface area (Å²) >= 11 is 5.90. The molecule has 10 heteroatoms. The van der Waals surface area contributed by atoms with Crippen LogP contribution in [0, 0.1) is 0 Å². The third kappa shape index (κ3) is 5.81. The van der Waals surface area contributed by atoms with Crippen molar-refractivity contribution in [3.63, 3.8) is 0 Å². The van der Waals surface area contributed by atoms with Crippen molar-refractivity contribution in [2.45, 2.75) is 32.2 Å². The summed E-state index contributed by atoms with van der Waals surface area (Å²) in [5.74, 6) is -2.10. The molecular formula is C23H25ClN4O5. The maximum Gasteiger partial charge on any atom is 0.344 e. The highest BCUT2D eigenvalue weighted by molar-refractivity contribution is 6.30. The second-order valence-electron chi connectivity index (χ2n) is 7.72. The van der Waals surface area contributed by atoms with Crippen LogP contribution in [0.25, 0.3) is 0 Å². The maximum absolute atomic E-state index is 12.5. The minimum atomic E-state index is -1.09. The van der Waals surface area contributed by atoms with E-state index in [4.69, 9.17) is 16.3 Å². The fraction of sp³-hybridized carbons (Fsp3) is 0.304. The zero-order valence-electron chi connectivity index (χ0n) is 18.3. The van der Waals surface area contributed by atoms with Gasteiger partial charge in [0.15, 0.2) is 6.61 Å². The Kier molecular flexibility index (Phi) is 7.55. The summed E-state index contributed by atoms with van der Waals surface area (Å²) in [6.07, 6.45) is 1.08. The minimum Gasteiger partial charge on any atom is -0.452 e. The average molecular weight is 473 g/mol. The summed E-state index contributed by atoms with van der Waals surface area (Å²) < 4.78 is 5.09. The second-order valence-corrected chi connectivity index (χ2v) is 8.15. The number of urea groups is 1. The van der Waals surface area contributed by atoms with Crippen LogP contribution >= 0.6 is 11.6 Å². The van der Waals surface area contributed by atoms with Crippen molar-refractivity contribution < 1.29 is 23.9 Å². The van der Waals surface area contributed by atoms with Gasteiger partial charge in [-0.05, 0) is 49.6 Å². The number of halogens is 1. The van der Waals surface area contributed by atoms with Crippen LogP contribution in [0.15, 0.2) is 48.5 Å². The van der Waals surface area contributed by atoms with Crippen molar-refractivity contribution in [3.05, 3.63) is 64.7 Å². The molecule has 1 aliphatic heterocycles. The lowest BCUT2D eigenvalue weighted by atomic mass is 10.00. The van der Waals surface area contributed by atoms with E-state index in [9.17, 15) is 19.2 Å². The van der Waals surface area contributed by atoms with Crippen LogP contribution in [0.3, 0.4) is 0 Å². The molecule has 3 rings (SSSR count). The molecule has 0 saturated carbocycles. The molecule has 2 aromatic rings. The summed E-state index contributed by atoms with van der Waals surface area (Å²) in [7, 11) is 0. The minimum absolute atomic E-state index is 0.259. The first-order valence-electron chi connectivity index (χ1n) is 10.4. The van der Waals surface area contributed by atoms with E-state index < -0.39 is 36.0 Å². The summed E-state index contributed by atoms with van der Waals surface area (Å²) in [6.45, 7) is 3.22. The normalized spacial score (nSPS) is 17.5.